The number of likely N-dealkylation sites (tertiary alicyclic amines) is 1. The molecule has 1 N–H and O–H groups in total. The Hall–Kier alpha value is -1.71. The summed E-state index contributed by atoms with van der Waals surface area (Å²) in [6, 6.07) is 14.5. The van der Waals surface area contributed by atoms with E-state index in [9.17, 15) is 5.11 Å². The Balaban J connectivity index is 1.54. The van der Waals surface area contributed by atoms with Gasteiger partial charge in [-0.2, -0.15) is 0 Å². The minimum absolute atomic E-state index is 0.561. The van der Waals surface area contributed by atoms with Crippen LogP contribution in [-0.4, -0.2) is 33.7 Å². The van der Waals surface area contributed by atoms with Crippen molar-refractivity contribution in [3.63, 3.8) is 0 Å². The molecule has 3 heteroatoms. The fourth-order valence-corrected chi connectivity index (χ4v) is 3.03. The molecule has 0 amide bonds. The highest BCUT2D eigenvalue weighted by molar-refractivity contribution is 5.16. The highest BCUT2D eigenvalue weighted by Crippen LogP contribution is 2.27. The summed E-state index contributed by atoms with van der Waals surface area (Å²) in [5, 5.41) is 10.8. The molecule has 0 unspecified atom stereocenters. The summed E-state index contributed by atoms with van der Waals surface area (Å²) in [7, 11) is 0. The van der Waals surface area contributed by atoms with Crippen molar-refractivity contribution in [2.24, 2.45) is 0 Å². The van der Waals surface area contributed by atoms with Crippen molar-refractivity contribution in [3.05, 3.63) is 66.0 Å². The molecule has 1 saturated heterocycles. The topological polar surface area (TPSA) is 36.4 Å². The number of piperidine rings is 1. The maximum Gasteiger partial charge on any atom is 0.0712 e. The van der Waals surface area contributed by atoms with Crippen LogP contribution in [0.4, 0.5) is 0 Å². The van der Waals surface area contributed by atoms with Crippen LogP contribution < -0.4 is 0 Å². The molecule has 1 fully saturated rings. The van der Waals surface area contributed by atoms with Gasteiger partial charge < -0.3 is 5.11 Å². The molecule has 2 heterocycles. The Bertz CT molecular complexity index is 548. The number of nitrogens with zero attached hydrogens (tertiary/aromatic N) is 2. The number of hydrogen-bond acceptors (Lipinski definition) is 3. The summed E-state index contributed by atoms with van der Waals surface area (Å²) in [5.41, 5.74) is 1.95. The van der Waals surface area contributed by atoms with Gasteiger partial charge in [-0.1, -0.05) is 30.3 Å². The van der Waals surface area contributed by atoms with Gasteiger partial charge in [-0.3, -0.25) is 9.88 Å². The summed E-state index contributed by atoms with van der Waals surface area (Å²) in [6.07, 6.45) is 5.99. The van der Waals surface area contributed by atoms with E-state index in [0.717, 1.165) is 38.9 Å². The van der Waals surface area contributed by atoms with Gasteiger partial charge >= 0.3 is 0 Å². The number of aliphatic hydroxyl groups is 1. The maximum absolute atomic E-state index is 10.8. The van der Waals surface area contributed by atoms with Gasteiger partial charge in [0.2, 0.25) is 0 Å². The van der Waals surface area contributed by atoms with E-state index in [0.29, 0.717) is 0 Å². The monoisotopic (exact) mass is 282 g/mol. The van der Waals surface area contributed by atoms with E-state index >= 15 is 0 Å². The SMILES string of the molecule is OC1(Cc2ccncc2)CCN(Cc2ccccc2)CC1. The minimum atomic E-state index is -0.561. The van der Waals surface area contributed by atoms with Gasteiger partial charge in [0, 0.05) is 38.4 Å². The Labute approximate surface area is 126 Å². The molecule has 1 aromatic carbocycles. The van der Waals surface area contributed by atoms with E-state index < -0.39 is 5.60 Å². The summed E-state index contributed by atoms with van der Waals surface area (Å²) >= 11 is 0. The van der Waals surface area contributed by atoms with Crippen LogP contribution in [0.25, 0.3) is 0 Å². The first-order valence-electron chi connectivity index (χ1n) is 7.61. The zero-order valence-electron chi connectivity index (χ0n) is 12.3. The molecule has 3 rings (SSSR count). The summed E-state index contributed by atoms with van der Waals surface area (Å²) in [4.78, 5) is 6.46. The van der Waals surface area contributed by atoms with E-state index in [-0.39, 0.29) is 0 Å². The van der Waals surface area contributed by atoms with Gasteiger partial charge in [-0.25, -0.2) is 0 Å². The molecule has 1 aliphatic rings. The molecule has 0 spiro atoms. The molecule has 1 aromatic heterocycles. The number of rotatable bonds is 4. The summed E-state index contributed by atoms with van der Waals surface area (Å²) < 4.78 is 0. The second-order valence-corrected chi connectivity index (χ2v) is 6.02. The quantitative estimate of drug-likeness (QED) is 0.936. The van der Waals surface area contributed by atoms with Crippen LogP contribution in [0.15, 0.2) is 54.9 Å². The van der Waals surface area contributed by atoms with Crippen LogP contribution in [0.5, 0.6) is 0 Å². The molecule has 0 bridgehead atoms. The first-order valence-corrected chi connectivity index (χ1v) is 7.61. The maximum atomic E-state index is 10.8. The molecule has 1 aliphatic heterocycles. The molecule has 110 valence electrons. The number of pyridine rings is 1. The Morgan fingerprint density at radius 3 is 2.29 bits per heavy atom. The van der Waals surface area contributed by atoms with Crippen LogP contribution >= 0.6 is 0 Å². The zero-order valence-corrected chi connectivity index (χ0v) is 12.3. The lowest BCUT2D eigenvalue weighted by Gasteiger charge is -2.38. The van der Waals surface area contributed by atoms with Crippen LogP contribution in [0.3, 0.4) is 0 Å². The lowest BCUT2D eigenvalue weighted by Crippen LogP contribution is -2.45. The smallest absolute Gasteiger partial charge is 0.0712 e. The fourth-order valence-electron chi connectivity index (χ4n) is 3.03. The van der Waals surface area contributed by atoms with Gasteiger partial charge in [0.25, 0.3) is 0 Å². The van der Waals surface area contributed by atoms with Gasteiger partial charge in [-0.15, -0.1) is 0 Å². The Morgan fingerprint density at radius 2 is 1.62 bits per heavy atom. The Morgan fingerprint density at radius 1 is 0.952 bits per heavy atom. The number of hydrogen-bond donors (Lipinski definition) is 1. The van der Waals surface area contributed by atoms with Crippen LogP contribution in [0.2, 0.25) is 0 Å². The zero-order chi connectivity index (χ0) is 14.5. The van der Waals surface area contributed by atoms with Gasteiger partial charge in [-0.05, 0) is 36.1 Å². The minimum Gasteiger partial charge on any atom is -0.389 e. The van der Waals surface area contributed by atoms with Crippen LogP contribution in [0.1, 0.15) is 24.0 Å². The van der Waals surface area contributed by atoms with E-state index in [1.807, 2.05) is 18.2 Å². The molecule has 0 aliphatic carbocycles. The van der Waals surface area contributed by atoms with Gasteiger partial charge in [0.05, 0.1) is 5.60 Å². The van der Waals surface area contributed by atoms with Crippen LogP contribution in [-0.2, 0) is 13.0 Å². The fraction of sp³-hybridized carbons (Fsp3) is 0.389. The first kappa shape index (κ1) is 14.2. The van der Waals surface area contributed by atoms with Crippen molar-refractivity contribution in [3.8, 4) is 0 Å². The Kier molecular flexibility index (Phi) is 4.32. The normalized spacial score (nSPS) is 18.5. The van der Waals surface area contributed by atoms with Gasteiger partial charge in [0.15, 0.2) is 0 Å². The third-order valence-corrected chi connectivity index (χ3v) is 4.32. The van der Waals surface area contributed by atoms with Crippen molar-refractivity contribution < 1.29 is 5.11 Å². The summed E-state index contributed by atoms with van der Waals surface area (Å²) in [5.74, 6) is 0. The lowest BCUT2D eigenvalue weighted by atomic mass is 9.85. The van der Waals surface area contributed by atoms with E-state index in [1.165, 1.54) is 11.1 Å². The molecule has 0 atom stereocenters. The molecule has 0 radical (unpaired) electrons. The summed E-state index contributed by atoms with van der Waals surface area (Å²) in [6.45, 7) is 2.89. The predicted molar refractivity (Wildman–Crippen MR) is 83.8 cm³/mol. The third-order valence-electron chi connectivity index (χ3n) is 4.32. The van der Waals surface area contributed by atoms with E-state index in [1.54, 1.807) is 12.4 Å². The predicted octanol–water partition coefficient (Wildman–Crippen LogP) is 2.65. The second-order valence-electron chi connectivity index (χ2n) is 6.02. The number of aromatic nitrogens is 1. The average Bonchev–Trinajstić information content (AvgIpc) is 2.52. The molecule has 21 heavy (non-hydrogen) atoms. The molecular weight excluding hydrogens is 260 g/mol. The highest BCUT2D eigenvalue weighted by atomic mass is 16.3. The lowest BCUT2D eigenvalue weighted by molar-refractivity contribution is -0.0224. The second kappa shape index (κ2) is 6.37. The molecule has 3 nitrogen and oxygen atoms in total. The molecule has 2 aromatic rings. The molecular formula is C18H22N2O. The van der Waals surface area contributed by atoms with Crippen LogP contribution in [0, 0.1) is 0 Å². The largest absolute Gasteiger partial charge is 0.389 e. The number of benzene rings is 1. The van der Waals surface area contributed by atoms with E-state index in [2.05, 4.69) is 34.1 Å². The average molecular weight is 282 g/mol. The highest BCUT2D eigenvalue weighted by Gasteiger charge is 2.32. The van der Waals surface area contributed by atoms with Gasteiger partial charge in [0.1, 0.15) is 0 Å². The van der Waals surface area contributed by atoms with Crippen molar-refractivity contribution in [1.29, 1.82) is 0 Å². The van der Waals surface area contributed by atoms with E-state index in [4.69, 9.17) is 0 Å². The van der Waals surface area contributed by atoms with Crippen molar-refractivity contribution in [2.45, 2.75) is 31.4 Å². The standard InChI is InChI=1S/C18H22N2O/c21-18(14-16-6-10-19-11-7-16)8-12-20(13-9-18)15-17-4-2-1-3-5-17/h1-7,10-11,21H,8-9,12-15H2. The van der Waals surface area contributed by atoms with Crippen molar-refractivity contribution in [1.82, 2.24) is 9.88 Å². The molecule has 0 saturated carbocycles. The van der Waals surface area contributed by atoms with Crippen molar-refractivity contribution in [2.75, 3.05) is 13.1 Å². The first-order chi connectivity index (χ1) is 10.2. The third kappa shape index (κ3) is 3.90. The van der Waals surface area contributed by atoms with Crippen molar-refractivity contribution >= 4 is 0 Å².